The lowest BCUT2D eigenvalue weighted by molar-refractivity contribution is -0.142. The summed E-state index contributed by atoms with van der Waals surface area (Å²) in [4.78, 5) is 29.4. The first-order valence-electron chi connectivity index (χ1n) is 12.2. The van der Waals surface area contributed by atoms with E-state index in [0.29, 0.717) is 32.5 Å². The Bertz CT molecular complexity index is 1160. The number of aryl methyl sites for hydroxylation is 2. The lowest BCUT2D eigenvalue weighted by Crippen LogP contribution is -2.55. The molecule has 1 atom stereocenters. The Morgan fingerprint density at radius 2 is 1.71 bits per heavy atom. The standard InChI is InChI=1S/C27H33N5O2S/c1-20-10-7-8-13-24(20)32-22(3)28-29-27(32)35-17-9-14-25(33)30-15-16-31(21(2)19-30)26(34)18-23-11-5-4-6-12-23/h4-8,10-13,21H,9,14-19H2,1-3H3. The molecule has 0 radical (unpaired) electrons. The van der Waals surface area contributed by atoms with Gasteiger partial charge < -0.3 is 9.80 Å². The molecule has 0 bridgehead atoms. The molecule has 7 nitrogen and oxygen atoms in total. The number of benzene rings is 2. The van der Waals surface area contributed by atoms with Crippen LogP contribution in [0.2, 0.25) is 0 Å². The molecule has 0 aliphatic carbocycles. The van der Waals surface area contributed by atoms with Crippen molar-refractivity contribution in [3.8, 4) is 5.69 Å². The Hall–Kier alpha value is -3.13. The van der Waals surface area contributed by atoms with Gasteiger partial charge in [0.05, 0.1) is 12.1 Å². The fourth-order valence-corrected chi connectivity index (χ4v) is 5.43. The second-order valence-corrected chi connectivity index (χ2v) is 10.1. The lowest BCUT2D eigenvalue weighted by atomic mass is 10.1. The molecule has 8 heteroatoms. The summed E-state index contributed by atoms with van der Waals surface area (Å²) in [7, 11) is 0. The summed E-state index contributed by atoms with van der Waals surface area (Å²) in [6.45, 7) is 7.84. The number of thioether (sulfide) groups is 1. The van der Waals surface area contributed by atoms with Crippen LogP contribution in [0.5, 0.6) is 0 Å². The van der Waals surface area contributed by atoms with E-state index in [1.165, 1.54) is 5.56 Å². The monoisotopic (exact) mass is 491 g/mol. The number of rotatable bonds is 8. The van der Waals surface area contributed by atoms with Gasteiger partial charge in [-0.1, -0.05) is 60.3 Å². The van der Waals surface area contributed by atoms with Crippen molar-refractivity contribution < 1.29 is 9.59 Å². The molecule has 35 heavy (non-hydrogen) atoms. The van der Waals surface area contributed by atoms with Crippen LogP contribution in [0.25, 0.3) is 5.69 Å². The summed E-state index contributed by atoms with van der Waals surface area (Å²) < 4.78 is 2.08. The predicted molar refractivity (Wildman–Crippen MR) is 139 cm³/mol. The molecule has 184 valence electrons. The number of piperazine rings is 1. The number of carbonyl (C=O) groups excluding carboxylic acids is 2. The van der Waals surface area contributed by atoms with Crippen LogP contribution in [0, 0.1) is 13.8 Å². The van der Waals surface area contributed by atoms with Gasteiger partial charge in [0.1, 0.15) is 5.82 Å². The van der Waals surface area contributed by atoms with Crippen LogP contribution in [-0.4, -0.2) is 67.8 Å². The van der Waals surface area contributed by atoms with Crippen molar-refractivity contribution in [3.63, 3.8) is 0 Å². The van der Waals surface area contributed by atoms with Crippen LogP contribution in [0.3, 0.4) is 0 Å². The van der Waals surface area contributed by atoms with E-state index in [-0.39, 0.29) is 17.9 Å². The average Bonchev–Trinajstić information content (AvgIpc) is 3.22. The molecule has 1 aliphatic heterocycles. The molecule has 2 amide bonds. The van der Waals surface area contributed by atoms with Gasteiger partial charge in [-0.05, 0) is 44.4 Å². The van der Waals surface area contributed by atoms with Crippen molar-refractivity contribution >= 4 is 23.6 Å². The first-order valence-corrected chi connectivity index (χ1v) is 13.1. The van der Waals surface area contributed by atoms with Crippen LogP contribution >= 0.6 is 11.8 Å². The molecule has 4 rings (SSSR count). The predicted octanol–water partition coefficient (Wildman–Crippen LogP) is 4.06. The van der Waals surface area contributed by atoms with Crippen LogP contribution in [0.4, 0.5) is 0 Å². The molecule has 0 N–H and O–H groups in total. The summed E-state index contributed by atoms with van der Waals surface area (Å²) >= 11 is 1.63. The number of para-hydroxylation sites is 1. The molecule has 1 unspecified atom stereocenters. The molecule has 2 heterocycles. The molecule has 1 aliphatic rings. The first kappa shape index (κ1) is 25.0. The smallest absolute Gasteiger partial charge is 0.227 e. The molecule has 0 saturated carbocycles. The highest BCUT2D eigenvalue weighted by Gasteiger charge is 2.29. The van der Waals surface area contributed by atoms with Gasteiger partial charge in [0.2, 0.25) is 11.8 Å². The van der Waals surface area contributed by atoms with Crippen molar-refractivity contribution in [3.05, 3.63) is 71.5 Å². The Kier molecular flexibility index (Phi) is 8.23. The molecular formula is C27H33N5O2S. The maximum atomic E-state index is 12.8. The lowest BCUT2D eigenvalue weighted by Gasteiger charge is -2.40. The van der Waals surface area contributed by atoms with E-state index in [0.717, 1.165) is 34.4 Å². The minimum Gasteiger partial charge on any atom is -0.339 e. The maximum Gasteiger partial charge on any atom is 0.227 e. The Balaban J connectivity index is 1.24. The van der Waals surface area contributed by atoms with Gasteiger partial charge in [0.25, 0.3) is 0 Å². The number of hydrogen-bond acceptors (Lipinski definition) is 5. The van der Waals surface area contributed by atoms with Gasteiger partial charge >= 0.3 is 0 Å². The van der Waals surface area contributed by atoms with Crippen molar-refractivity contribution in [1.29, 1.82) is 0 Å². The number of carbonyl (C=O) groups is 2. The summed E-state index contributed by atoms with van der Waals surface area (Å²) in [5, 5.41) is 9.46. The Labute approximate surface area is 211 Å². The number of nitrogens with zero attached hydrogens (tertiary/aromatic N) is 5. The van der Waals surface area contributed by atoms with Crippen LogP contribution in [-0.2, 0) is 16.0 Å². The normalized spacial score (nSPS) is 15.9. The van der Waals surface area contributed by atoms with Crippen molar-refractivity contribution in [2.45, 2.75) is 51.2 Å². The maximum absolute atomic E-state index is 12.8. The first-order chi connectivity index (χ1) is 16.9. The molecular weight excluding hydrogens is 458 g/mol. The number of amides is 2. The SMILES string of the molecule is Cc1ccccc1-n1c(C)nnc1SCCCC(=O)N1CCN(C(=O)Cc2ccccc2)C(C)C1. The van der Waals surface area contributed by atoms with Gasteiger partial charge in [-0.3, -0.25) is 14.2 Å². The highest BCUT2D eigenvalue weighted by Crippen LogP contribution is 2.25. The number of hydrogen-bond donors (Lipinski definition) is 0. The van der Waals surface area contributed by atoms with Gasteiger partial charge in [-0.2, -0.15) is 0 Å². The summed E-state index contributed by atoms with van der Waals surface area (Å²) in [5.41, 5.74) is 3.28. The fourth-order valence-electron chi connectivity index (χ4n) is 4.50. The second kappa shape index (κ2) is 11.5. The minimum atomic E-state index is 0.0222. The van der Waals surface area contributed by atoms with Crippen molar-refractivity contribution in [2.24, 2.45) is 0 Å². The minimum absolute atomic E-state index is 0.0222. The topological polar surface area (TPSA) is 71.3 Å². The van der Waals surface area contributed by atoms with E-state index in [9.17, 15) is 9.59 Å². The second-order valence-electron chi connectivity index (χ2n) is 9.04. The zero-order valence-corrected chi connectivity index (χ0v) is 21.5. The molecule has 0 spiro atoms. The highest BCUT2D eigenvalue weighted by molar-refractivity contribution is 7.99. The third kappa shape index (κ3) is 6.11. The van der Waals surface area contributed by atoms with E-state index in [2.05, 4.69) is 33.8 Å². The quantitative estimate of drug-likeness (QED) is 0.351. The zero-order chi connectivity index (χ0) is 24.8. The third-order valence-electron chi connectivity index (χ3n) is 6.42. The number of aromatic nitrogens is 3. The highest BCUT2D eigenvalue weighted by atomic mass is 32.2. The summed E-state index contributed by atoms with van der Waals surface area (Å²) in [5.74, 6) is 1.93. The van der Waals surface area contributed by atoms with Crippen molar-refractivity contribution in [1.82, 2.24) is 24.6 Å². The van der Waals surface area contributed by atoms with E-state index in [4.69, 9.17) is 0 Å². The van der Waals surface area contributed by atoms with Crippen molar-refractivity contribution in [2.75, 3.05) is 25.4 Å². The van der Waals surface area contributed by atoms with Crippen LogP contribution < -0.4 is 0 Å². The van der Waals surface area contributed by atoms with Crippen LogP contribution in [0.1, 0.15) is 36.7 Å². The molecule has 1 aromatic heterocycles. The summed E-state index contributed by atoms with van der Waals surface area (Å²) in [6, 6.07) is 18.0. The summed E-state index contributed by atoms with van der Waals surface area (Å²) in [6.07, 6.45) is 1.67. The van der Waals surface area contributed by atoms with Crippen LogP contribution in [0.15, 0.2) is 59.8 Å². The third-order valence-corrected chi connectivity index (χ3v) is 7.43. The zero-order valence-electron chi connectivity index (χ0n) is 20.7. The Morgan fingerprint density at radius 1 is 0.971 bits per heavy atom. The molecule has 3 aromatic rings. The van der Waals surface area contributed by atoms with E-state index in [1.54, 1.807) is 11.8 Å². The van der Waals surface area contributed by atoms with Gasteiger partial charge in [-0.15, -0.1) is 10.2 Å². The largest absolute Gasteiger partial charge is 0.339 e. The van der Waals surface area contributed by atoms with Gasteiger partial charge in [-0.25, -0.2) is 0 Å². The van der Waals surface area contributed by atoms with E-state index in [1.807, 2.05) is 66.1 Å². The molecule has 1 saturated heterocycles. The van der Waals surface area contributed by atoms with E-state index < -0.39 is 0 Å². The Morgan fingerprint density at radius 3 is 2.46 bits per heavy atom. The molecule has 2 aromatic carbocycles. The van der Waals surface area contributed by atoms with E-state index >= 15 is 0 Å². The average molecular weight is 492 g/mol. The fraction of sp³-hybridized carbons (Fsp3) is 0.407. The molecule has 1 fully saturated rings. The van der Waals surface area contributed by atoms with Gasteiger partial charge in [0, 0.05) is 37.8 Å². The van der Waals surface area contributed by atoms with Gasteiger partial charge in [0.15, 0.2) is 5.16 Å².